The number of carbonyl (C=O) groups is 1. The Kier molecular flexibility index (Phi) is 21.9. The Morgan fingerprint density at radius 1 is 0.412 bits per heavy atom. The van der Waals surface area contributed by atoms with Crippen molar-refractivity contribution in [3.05, 3.63) is 130 Å². The molecule has 0 bridgehead atoms. The van der Waals surface area contributed by atoms with E-state index < -0.39 is 0 Å². The van der Waals surface area contributed by atoms with E-state index >= 15 is 0 Å². The number of hydrogen-bond acceptors (Lipinski definition) is 8. The topological polar surface area (TPSA) is 43.0 Å². The van der Waals surface area contributed by atoms with E-state index in [1.807, 2.05) is 17.0 Å². The van der Waals surface area contributed by atoms with Gasteiger partial charge in [-0.3, -0.25) is 9.69 Å². The molecule has 4 aromatic rings. The highest BCUT2D eigenvalue weighted by atomic mass is 16.2. The second kappa shape index (κ2) is 27.2. The molecule has 4 aromatic carbocycles. The van der Waals surface area contributed by atoms with Crippen LogP contribution in [0.25, 0.3) is 0 Å². The summed E-state index contributed by atoms with van der Waals surface area (Å²) < 4.78 is 0. The van der Waals surface area contributed by atoms with Crippen LogP contribution in [0.5, 0.6) is 0 Å². The van der Waals surface area contributed by atoms with Crippen LogP contribution in [0, 0.1) is 6.92 Å². The number of likely N-dealkylation sites (N-methyl/N-ethyl adjacent to an activating group) is 4. The fourth-order valence-electron chi connectivity index (χ4n) is 8.98. The second-order valence-electron chi connectivity index (χ2n) is 21.4. The molecule has 0 unspecified atom stereocenters. The fourth-order valence-corrected chi connectivity index (χ4v) is 8.98. The first-order chi connectivity index (χ1) is 32.4. The summed E-state index contributed by atoms with van der Waals surface area (Å²) in [5.41, 5.74) is 12.0. The highest BCUT2D eigenvalue weighted by molar-refractivity contribution is 5.94. The summed E-state index contributed by atoms with van der Waals surface area (Å²) in [5.74, 6) is 2.55. The minimum absolute atomic E-state index is 0.165. The van der Waals surface area contributed by atoms with Gasteiger partial charge >= 0.3 is 0 Å². The summed E-state index contributed by atoms with van der Waals surface area (Å²) in [6, 6.07) is 33.2. The minimum Gasteiger partial charge on any atom is -0.369 e. The van der Waals surface area contributed by atoms with E-state index in [0.29, 0.717) is 23.7 Å². The summed E-state index contributed by atoms with van der Waals surface area (Å²) in [6.07, 6.45) is 0. The van der Waals surface area contributed by atoms with Crippen LogP contribution in [-0.2, 0) is 6.54 Å². The molecule has 4 fully saturated rings. The van der Waals surface area contributed by atoms with Crippen LogP contribution in [0.3, 0.4) is 0 Å². The number of piperazine rings is 4. The minimum atomic E-state index is 0.165. The Hall–Kier alpha value is -4.25. The molecule has 4 heterocycles. The standard InChI is InChI=1S/C15H22N2O.2C15H24N2.C14H22N2/c1-12(2)13-4-6-14(7-5-13)15(18)17-10-8-16(3)9-11-17;1-12(2)14-9-13(3)10-15(11-14)17-7-5-16(4)6-8-17;1-13(2)15-6-4-14(5-7-15)12-17-10-8-16(3)9-11-17;1-12(2)13-4-6-14(7-5-13)16-10-8-15(3)9-11-16/h4-7,12H,8-11H2,1-3H3;9-12H,5-8H2,1-4H3;4-7,13H,8-12H2,1-3H3;4-7,12H,8-11H2,1-3H3. The van der Waals surface area contributed by atoms with E-state index in [-0.39, 0.29) is 5.91 Å². The third-order valence-corrected chi connectivity index (χ3v) is 14.3. The monoisotopic (exact) mass is 929 g/mol. The Labute approximate surface area is 415 Å². The van der Waals surface area contributed by atoms with Crippen LogP contribution >= 0.6 is 0 Å². The van der Waals surface area contributed by atoms with Gasteiger partial charge in [-0.1, -0.05) is 110 Å². The molecule has 0 spiro atoms. The van der Waals surface area contributed by atoms with Crippen LogP contribution < -0.4 is 9.80 Å². The third-order valence-electron chi connectivity index (χ3n) is 14.3. The molecular weight excluding hydrogens is 837 g/mol. The largest absolute Gasteiger partial charge is 0.369 e. The van der Waals surface area contributed by atoms with Gasteiger partial charge in [0.05, 0.1) is 0 Å². The first-order valence-corrected chi connectivity index (χ1v) is 26.1. The van der Waals surface area contributed by atoms with E-state index in [1.165, 1.54) is 97.1 Å². The van der Waals surface area contributed by atoms with Gasteiger partial charge < -0.3 is 34.3 Å². The molecule has 9 nitrogen and oxygen atoms in total. The van der Waals surface area contributed by atoms with Gasteiger partial charge in [-0.15, -0.1) is 0 Å². The molecule has 0 radical (unpaired) electrons. The van der Waals surface area contributed by atoms with Gasteiger partial charge in [-0.2, -0.15) is 0 Å². The summed E-state index contributed by atoms with van der Waals surface area (Å²) in [4.78, 5) is 31.2. The maximum Gasteiger partial charge on any atom is 0.253 e. The van der Waals surface area contributed by atoms with Crippen LogP contribution in [0.15, 0.2) is 91.0 Å². The summed E-state index contributed by atoms with van der Waals surface area (Å²) in [6.45, 7) is 38.8. The zero-order valence-corrected chi connectivity index (χ0v) is 45.0. The Morgan fingerprint density at radius 3 is 1.21 bits per heavy atom. The van der Waals surface area contributed by atoms with E-state index in [1.54, 1.807) is 0 Å². The van der Waals surface area contributed by atoms with Crippen molar-refractivity contribution >= 4 is 17.3 Å². The molecule has 0 atom stereocenters. The van der Waals surface area contributed by atoms with Crippen molar-refractivity contribution in [3.8, 4) is 0 Å². The van der Waals surface area contributed by atoms with Crippen molar-refractivity contribution in [2.45, 2.75) is 92.5 Å². The van der Waals surface area contributed by atoms with Gasteiger partial charge in [0, 0.05) is 128 Å². The first kappa shape index (κ1) is 54.7. The maximum absolute atomic E-state index is 12.3. The molecule has 0 N–H and O–H groups in total. The van der Waals surface area contributed by atoms with Crippen LogP contribution in [0.2, 0.25) is 0 Å². The molecule has 8 rings (SSSR count). The van der Waals surface area contributed by atoms with E-state index in [9.17, 15) is 4.79 Å². The smallest absolute Gasteiger partial charge is 0.253 e. The Bertz CT molecular complexity index is 2030. The van der Waals surface area contributed by atoms with Crippen molar-refractivity contribution < 1.29 is 4.79 Å². The third kappa shape index (κ3) is 17.6. The van der Waals surface area contributed by atoms with Gasteiger partial charge in [0.15, 0.2) is 0 Å². The van der Waals surface area contributed by atoms with Gasteiger partial charge in [0.2, 0.25) is 0 Å². The number of benzene rings is 4. The number of amides is 1. The average molecular weight is 929 g/mol. The van der Waals surface area contributed by atoms with Gasteiger partial charge in [-0.05, 0) is 129 Å². The van der Waals surface area contributed by atoms with Crippen molar-refractivity contribution in [1.82, 2.24) is 29.4 Å². The van der Waals surface area contributed by atoms with Crippen LogP contribution in [0.1, 0.15) is 123 Å². The van der Waals surface area contributed by atoms with E-state index in [2.05, 4.69) is 204 Å². The van der Waals surface area contributed by atoms with Crippen molar-refractivity contribution in [2.75, 3.05) is 143 Å². The van der Waals surface area contributed by atoms with Crippen LogP contribution in [-0.4, -0.2) is 168 Å². The quantitative estimate of drug-likeness (QED) is 0.165. The molecule has 0 saturated carbocycles. The lowest BCUT2D eigenvalue weighted by Crippen LogP contribution is -2.47. The van der Waals surface area contributed by atoms with E-state index in [4.69, 9.17) is 0 Å². The lowest BCUT2D eigenvalue weighted by molar-refractivity contribution is 0.0664. The molecule has 0 aliphatic carbocycles. The number of anilines is 2. The number of hydrogen-bond donors (Lipinski definition) is 0. The molecule has 9 heteroatoms. The normalized spacial score (nSPS) is 18.0. The second-order valence-corrected chi connectivity index (χ2v) is 21.4. The van der Waals surface area contributed by atoms with Crippen molar-refractivity contribution in [2.24, 2.45) is 0 Å². The number of rotatable bonds is 9. The van der Waals surface area contributed by atoms with E-state index in [0.717, 1.165) is 64.5 Å². The molecule has 4 aliphatic rings. The molecule has 374 valence electrons. The predicted octanol–water partition coefficient (Wildman–Crippen LogP) is 10.2. The molecule has 1 amide bonds. The Morgan fingerprint density at radius 2 is 0.779 bits per heavy atom. The highest BCUT2D eigenvalue weighted by Crippen LogP contribution is 2.25. The lowest BCUT2D eigenvalue weighted by Gasteiger charge is -2.34. The Balaban J connectivity index is 0.000000170. The molecule has 68 heavy (non-hydrogen) atoms. The molecule has 4 saturated heterocycles. The zero-order chi connectivity index (χ0) is 49.3. The number of aryl methyl sites for hydroxylation is 1. The van der Waals surface area contributed by atoms with Crippen LogP contribution in [0.4, 0.5) is 11.4 Å². The highest BCUT2D eigenvalue weighted by Gasteiger charge is 2.21. The SMILES string of the molecule is CC(C)c1ccc(C(=O)N2CCN(C)CC2)cc1.CC(C)c1ccc(CN2CCN(C)CC2)cc1.CC(C)c1ccc(N2CCN(C)CC2)cc1.Cc1cc(C(C)C)cc(N2CCN(C)CC2)c1. The fraction of sp³-hybridized carbons (Fsp3) is 0.576. The van der Waals surface area contributed by atoms with Crippen molar-refractivity contribution in [3.63, 3.8) is 0 Å². The predicted molar refractivity (Wildman–Crippen MR) is 292 cm³/mol. The number of carbonyl (C=O) groups excluding carboxylic acids is 1. The summed E-state index contributed by atoms with van der Waals surface area (Å²) in [7, 11) is 8.69. The summed E-state index contributed by atoms with van der Waals surface area (Å²) in [5, 5.41) is 0. The van der Waals surface area contributed by atoms with Crippen molar-refractivity contribution in [1.29, 1.82) is 0 Å². The zero-order valence-electron chi connectivity index (χ0n) is 45.0. The number of nitrogens with zero attached hydrogens (tertiary/aromatic N) is 8. The van der Waals surface area contributed by atoms with Gasteiger partial charge in [0.25, 0.3) is 5.91 Å². The maximum atomic E-state index is 12.3. The molecule has 0 aromatic heterocycles. The lowest BCUT2D eigenvalue weighted by atomic mass is 10.00. The first-order valence-electron chi connectivity index (χ1n) is 26.1. The molecular formula is C59H92N8O. The average Bonchev–Trinajstić information content (AvgIpc) is 3.33. The van der Waals surface area contributed by atoms with Gasteiger partial charge in [-0.25, -0.2) is 0 Å². The van der Waals surface area contributed by atoms with Gasteiger partial charge in [0.1, 0.15) is 0 Å². The molecule has 4 aliphatic heterocycles. The summed E-state index contributed by atoms with van der Waals surface area (Å²) >= 11 is 0.